The second kappa shape index (κ2) is 16.5. The molecule has 2 aromatic rings. The second-order valence-electron chi connectivity index (χ2n) is 10.9. The zero-order chi connectivity index (χ0) is 29.8. The minimum Gasteiger partial charge on any atom is -0.388 e. The maximum Gasteiger partial charge on any atom is 0.256 e. The van der Waals surface area contributed by atoms with E-state index in [1.807, 2.05) is 19.9 Å². The highest BCUT2D eigenvalue weighted by Gasteiger charge is 2.32. The molecule has 2 amide bonds. The first-order chi connectivity index (χ1) is 19.7. The number of carbonyl (C=O) groups is 2. The van der Waals surface area contributed by atoms with Gasteiger partial charge < -0.3 is 35.2 Å². The lowest BCUT2D eigenvalue weighted by molar-refractivity contribution is -0.116. The molecule has 0 unspecified atom stereocenters. The standard InChI is InChI=1S/C31H44FN3O6/c1-22(2)12-17-41-28-20-35(31(39)25-10-3-4-11-26(25)32)15-14-34(13-5-6-16-40-21-27(36)29(28)37)30(38)24-9-7-8-23(18-24)19-33/h3-4,7-11,18,22,27-29,36-37H,5-6,12-17,19-21,33H2,1-2H3/t27-,28-,29-/m1/s1. The van der Waals surface area contributed by atoms with Crippen LogP contribution in [0, 0.1) is 11.7 Å². The van der Waals surface area contributed by atoms with Gasteiger partial charge in [-0.25, -0.2) is 4.39 Å². The van der Waals surface area contributed by atoms with E-state index in [4.69, 9.17) is 15.2 Å². The number of hydrogen-bond acceptors (Lipinski definition) is 7. The summed E-state index contributed by atoms with van der Waals surface area (Å²) in [6.07, 6.45) is -1.58. The van der Waals surface area contributed by atoms with E-state index in [9.17, 15) is 24.2 Å². The van der Waals surface area contributed by atoms with Crippen molar-refractivity contribution in [2.75, 3.05) is 46.0 Å². The molecule has 41 heavy (non-hydrogen) atoms. The summed E-state index contributed by atoms with van der Waals surface area (Å²) < 4.78 is 26.3. The molecule has 0 saturated carbocycles. The van der Waals surface area contributed by atoms with Gasteiger partial charge in [-0.2, -0.15) is 0 Å². The average Bonchev–Trinajstić information content (AvgIpc) is 2.97. The lowest BCUT2D eigenvalue weighted by atomic mass is 10.1. The molecule has 1 heterocycles. The summed E-state index contributed by atoms with van der Waals surface area (Å²) in [5, 5.41) is 21.7. The molecule has 9 nitrogen and oxygen atoms in total. The van der Waals surface area contributed by atoms with E-state index in [1.54, 1.807) is 29.2 Å². The Kier molecular flexibility index (Phi) is 13.1. The van der Waals surface area contributed by atoms with E-state index in [2.05, 4.69) is 0 Å². The van der Waals surface area contributed by atoms with Gasteiger partial charge >= 0.3 is 0 Å². The summed E-state index contributed by atoms with van der Waals surface area (Å²) in [6.45, 7) is 5.46. The van der Waals surface area contributed by atoms with Crippen molar-refractivity contribution in [3.63, 3.8) is 0 Å². The Hall–Kier alpha value is -2.89. The van der Waals surface area contributed by atoms with Crippen LogP contribution < -0.4 is 5.73 Å². The molecule has 0 spiro atoms. The van der Waals surface area contributed by atoms with Crippen molar-refractivity contribution < 1.29 is 33.7 Å². The number of nitrogens with zero attached hydrogens (tertiary/aromatic N) is 2. The summed E-state index contributed by atoms with van der Waals surface area (Å²) in [4.78, 5) is 30.3. The predicted octanol–water partition coefficient (Wildman–Crippen LogP) is 2.83. The first kappa shape index (κ1) is 32.6. The summed E-state index contributed by atoms with van der Waals surface area (Å²) >= 11 is 0. The van der Waals surface area contributed by atoms with Gasteiger partial charge in [0.2, 0.25) is 0 Å². The Bertz CT molecular complexity index is 1120. The highest BCUT2D eigenvalue weighted by atomic mass is 19.1. The zero-order valence-electron chi connectivity index (χ0n) is 24.1. The number of aliphatic hydroxyl groups excluding tert-OH is 2. The molecule has 4 N–H and O–H groups in total. The van der Waals surface area contributed by atoms with Crippen LogP contribution in [0.5, 0.6) is 0 Å². The minimum atomic E-state index is -1.35. The zero-order valence-corrected chi connectivity index (χ0v) is 24.1. The number of rotatable bonds is 7. The quantitative estimate of drug-likeness (QED) is 0.465. The molecular weight excluding hydrogens is 529 g/mol. The van der Waals surface area contributed by atoms with Crippen LogP contribution in [0.3, 0.4) is 0 Å². The van der Waals surface area contributed by atoms with Crippen molar-refractivity contribution in [2.24, 2.45) is 11.7 Å². The van der Waals surface area contributed by atoms with Crippen molar-refractivity contribution in [1.82, 2.24) is 9.80 Å². The van der Waals surface area contributed by atoms with E-state index in [0.717, 1.165) is 5.56 Å². The van der Waals surface area contributed by atoms with Crippen molar-refractivity contribution in [3.8, 4) is 0 Å². The lowest BCUT2D eigenvalue weighted by Crippen LogP contribution is -2.51. The van der Waals surface area contributed by atoms with Gasteiger partial charge in [0, 0.05) is 51.5 Å². The first-order valence-electron chi connectivity index (χ1n) is 14.4. The van der Waals surface area contributed by atoms with Crippen LogP contribution in [0.15, 0.2) is 48.5 Å². The third-order valence-electron chi connectivity index (χ3n) is 7.19. The lowest BCUT2D eigenvalue weighted by Gasteiger charge is -2.34. The summed E-state index contributed by atoms with van der Waals surface area (Å²) in [7, 11) is 0. The molecular formula is C31H44FN3O6. The molecule has 1 saturated heterocycles. The Morgan fingerprint density at radius 3 is 2.54 bits per heavy atom. The number of carbonyl (C=O) groups excluding carboxylic acids is 2. The molecule has 0 aromatic heterocycles. The maximum atomic E-state index is 14.7. The Morgan fingerprint density at radius 1 is 1.05 bits per heavy atom. The van der Waals surface area contributed by atoms with E-state index in [-0.39, 0.29) is 37.7 Å². The van der Waals surface area contributed by atoms with Crippen molar-refractivity contribution in [2.45, 2.75) is 58.0 Å². The summed E-state index contributed by atoms with van der Waals surface area (Å²) in [5.74, 6) is -1.13. The van der Waals surface area contributed by atoms with Gasteiger partial charge in [0.15, 0.2) is 0 Å². The summed E-state index contributed by atoms with van der Waals surface area (Å²) in [6, 6.07) is 12.8. The Morgan fingerprint density at radius 2 is 1.80 bits per heavy atom. The van der Waals surface area contributed by atoms with Crippen LogP contribution in [0.1, 0.15) is 59.4 Å². The molecule has 2 aromatic carbocycles. The molecule has 0 radical (unpaired) electrons. The third kappa shape index (κ3) is 9.86. The van der Waals surface area contributed by atoms with Crippen LogP contribution in [0.4, 0.5) is 4.39 Å². The number of halogens is 1. The Labute approximate surface area is 242 Å². The number of benzene rings is 2. The highest BCUT2D eigenvalue weighted by molar-refractivity contribution is 5.95. The average molecular weight is 574 g/mol. The van der Waals surface area contributed by atoms with Gasteiger partial charge in [0.25, 0.3) is 11.8 Å². The third-order valence-corrected chi connectivity index (χ3v) is 7.19. The van der Waals surface area contributed by atoms with Gasteiger partial charge in [-0.3, -0.25) is 9.59 Å². The number of amides is 2. The van der Waals surface area contributed by atoms with Gasteiger partial charge in [-0.1, -0.05) is 38.1 Å². The highest BCUT2D eigenvalue weighted by Crippen LogP contribution is 2.17. The molecule has 226 valence electrons. The molecule has 10 heteroatoms. The van der Waals surface area contributed by atoms with Crippen molar-refractivity contribution in [3.05, 3.63) is 71.0 Å². The monoisotopic (exact) mass is 573 g/mol. The van der Waals surface area contributed by atoms with Gasteiger partial charge in [-0.15, -0.1) is 0 Å². The molecule has 3 atom stereocenters. The van der Waals surface area contributed by atoms with Crippen LogP contribution >= 0.6 is 0 Å². The fourth-order valence-electron chi connectivity index (χ4n) is 4.64. The largest absolute Gasteiger partial charge is 0.388 e. The molecule has 1 aliphatic rings. The molecule has 0 aliphatic carbocycles. The van der Waals surface area contributed by atoms with E-state index in [0.29, 0.717) is 57.0 Å². The van der Waals surface area contributed by atoms with Gasteiger partial charge in [0.05, 0.1) is 12.2 Å². The second-order valence-corrected chi connectivity index (χ2v) is 10.9. The van der Waals surface area contributed by atoms with E-state index in [1.165, 1.54) is 23.1 Å². The maximum absolute atomic E-state index is 14.7. The fraction of sp³-hybridized carbons (Fsp3) is 0.548. The Balaban J connectivity index is 1.92. The minimum absolute atomic E-state index is 0.0683. The first-order valence-corrected chi connectivity index (χ1v) is 14.4. The van der Waals surface area contributed by atoms with Crippen molar-refractivity contribution >= 4 is 11.8 Å². The van der Waals surface area contributed by atoms with Crippen LogP contribution in [0.2, 0.25) is 0 Å². The topological polar surface area (TPSA) is 126 Å². The number of ether oxygens (including phenoxy) is 2. The molecule has 1 aliphatic heterocycles. The van der Waals surface area contributed by atoms with Gasteiger partial charge in [0.1, 0.15) is 24.1 Å². The number of hydrogen-bond donors (Lipinski definition) is 3. The molecule has 3 rings (SSSR count). The molecule has 1 fully saturated rings. The number of aliphatic hydroxyl groups is 2. The van der Waals surface area contributed by atoms with Crippen LogP contribution in [-0.4, -0.2) is 96.1 Å². The number of nitrogens with two attached hydrogens (primary N) is 1. The SMILES string of the molecule is CC(C)CCO[C@@H]1CN(C(=O)c2ccccc2F)CCN(C(=O)c2cccc(CN)c2)CCCCOC[C@@H](O)[C@H]1O. The summed E-state index contributed by atoms with van der Waals surface area (Å²) in [5.41, 5.74) is 6.98. The smallest absolute Gasteiger partial charge is 0.256 e. The van der Waals surface area contributed by atoms with E-state index < -0.39 is 30.0 Å². The van der Waals surface area contributed by atoms with Crippen LogP contribution in [-0.2, 0) is 16.0 Å². The normalized spacial score (nSPS) is 21.5. The van der Waals surface area contributed by atoms with Crippen molar-refractivity contribution in [1.29, 1.82) is 0 Å². The fourth-order valence-corrected chi connectivity index (χ4v) is 4.64. The van der Waals surface area contributed by atoms with E-state index >= 15 is 0 Å². The van der Waals surface area contributed by atoms with Gasteiger partial charge in [-0.05, 0) is 55.0 Å². The van der Waals surface area contributed by atoms with Crippen LogP contribution in [0.25, 0.3) is 0 Å². The predicted molar refractivity (Wildman–Crippen MR) is 154 cm³/mol. The molecule has 0 bridgehead atoms.